The van der Waals surface area contributed by atoms with E-state index in [2.05, 4.69) is 54.1 Å². The number of rotatable bonds is 4. The average Bonchev–Trinajstić information content (AvgIpc) is 2.89. The van der Waals surface area contributed by atoms with Crippen LogP contribution in [0, 0.1) is 39.9 Å². The SMILES string of the molecule is CCC(C)C1CC2(C1CC)C1C3(C)C(CC)CC2(C)C3S1(C)C. The predicted octanol–water partition coefficient (Wildman–Crippen LogP) is 6.34. The summed E-state index contributed by atoms with van der Waals surface area (Å²) in [5.74, 6) is 4.03. The second-order valence-corrected chi connectivity index (χ2v) is 14.6. The van der Waals surface area contributed by atoms with Crippen molar-refractivity contribution in [1.82, 2.24) is 0 Å². The van der Waals surface area contributed by atoms with E-state index >= 15 is 0 Å². The fraction of sp³-hybridized carbons (Fsp3) is 1.00. The summed E-state index contributed by atoms with van der Waals surface area (Å²) < 4.78 is 0. The highest BCUT2D eigenvalue weighted by molar-refractivity contribution is 8.35. The summed E-state index contributed by atoms with van der Waals surface area (Å²) in [5, 5.41) is 2.16. The molecule has 134 valence electrons. The van der Waals surface area contributed by atoms with E-state index in [4.69, 9.17) is 0 Å². The monoisotopic (exact) mass is 336 g/mol. The van der Waals surface area contributed by atoms with E-state index in [1.54, 1.807) is 12.8 Å². The first-order valence-electron chi connectivity index (χ1n) is 10.4. The standard InChI is InChI=1S/C22H40S/c1-9-14(4)16-13-22(17(16)11-3)19-21(6)15(10-2)12-20(22,5)18(21)23(19,7)8/h14-19H,9-13H2,1-8H3. The summed E-state index contributed by atoms with van der Waals surface area (Å²) in [6.07, 6.45) is 12.8. The van der Waals surface area contributed by atoms with Crippen LogP contribution < -0.4 is 0 Å². The first-order valence-corrected chi connectivity index (χ1v) is 13.0. The van der Waals surface area contributed by atoms with Gasteiger partial charge in [-0.3, -0.25) is 0 Å². The molecule has 0 radical (unpaired) electrons. The highest BCUT2D eigenvalue weighted by Gasteiger charge is 2.91. The lowest BCUT2D eigenvalue weighted by Crippen LogP contribution is -2.65. The van der Waals surface area contributed by atoms with Crippen molar-refractivity contribution in [2.45, 2.75) is 84.1 Å². The molecule has 3 saturated carbocycles. The normalized spacial score (nSPS) is 61.1. The maximum atomic E-state index is 2.77. The molecule has 1 heteroatoms. The quantitative estimate of drug-likeness (QED) is 0.562. The fourth-order valence-electron chi connectivity index (χ4n) is 9.98. The lowest BCUT2D eigenvalue weighted by molar-refractivity contribution is -0.151. The van der Waals surface area contributed by atoms with Crippen molar-refractivity contribution >= 4 is 10.0 Å². The Morgan fingerprint density at radius 1 is 1.00 bits per heavy atom. The van der Waals surface area contributed by atoms with Gasteiger partial charge in [0.25, 0.3) is 0 Å². The molecular formula is C22H40S. The van der Waals surface area contributed by atoms with Gasteiger partial charge < -0.3 is 0 Å². The molecule has 9 unspecified atom stereocenters. The van der Waals surface area contributed by atoms with Gasteiger partial charge in [0.1, 0.15) is 0 Å². The van der Waals surface area contributed by atoms with Gasteiger partial charge in [-0.1, -0.05) is 60.8 Å². The lowest BCUT2D eigenvalue weighted by atomic mass is 9.40. The Morgan fingerprint density at radius 3 is 2.13 bits per heavy atom. The van der Waals surface area contributed by atoms with E-state index in [1.807, 2.05) is 0 Å². The zero-order chi connectivity index (χ0) is 17.0. The summed E-state index contributed by atoms with van der Waals surface area (Å²) in [6.45, 7) is 15.4. The molecule has 0 amide bonds. The Hall–Kier alpha value is 0.350. The Kier molecular flexibility index (Phi) is 3.32. The third-order valence-electron chi connectivity index (χ3n) is 10.1. The van der Waals surface area contributed by atoms with E-state index in [1.165, 1.54) is 19.3 Å². The van der Waals surface area contributed by atoms with Gasteiger partial charge in [0, 0.05) is 10.5 Å². The van der Waals surface area contributed by atoms with Crippen LogP contribution in [0.2, 0.25) is 0 Å². The number of hydrogen-bond acceptors (Lipinski definition) is 0. The number of hydrogen-bond donors (Lipinski definition) is 0. The zero-order valence-electron chi connectivity index (χ0n) is 16.9. The molecule has 0 nitrogen and oxygen atoms in total. The van der Waals surface area contributed by atoms with Gasteiger partial charge in [0.05, 0.1) is 0 Å². The molecule has 4 rings (SSSR count). The smallest absolute Gasteiger partial charge is 0.00180 e. The highest BCUT2D eigenvalue weighted by Crippen LogP contribution is 2.99. The molecule has 0 aromatic rings. The fourth-order valence-corrected chi connectivity index (χ4v) is 16.6. The van der Waals surface area contributed by atoms with Crippen LogP contribution >= 0.6 is 10.0 Å². The third kappa shape index (κ3) is 1.40. The summed E-state index contributed by atoms with van der Waals surface area (Å²) >= 11 is 0. The van der Waals surface area contributed by atoms with E-state index in [-0.39, 0.29) is 0 Å². The van der Waals surface area contributed by atoms with E-state index in [0.29, 0.717) is 10.8 Å². The van der Waals surface area contributed by atoms with Crippen molar-refractivity contribution in [3.05, 3.63) is 0 Å². The summed E-state index contributed by atoms with van der Waals surface area (Å²) in [4.78, 5) is 0. The topological polar surface area (TPSA) is 0 Å². The first-order chi connectivity index (χ1) is 10.7. The van der Waals surface area contributed by atoms with Crippen LogP contribution in [-0.4, -0.2) is 23.0 Å². The lowest BCUT2D eigenvalue weighted by Gasteiger charge is -2.72. The minimum absolute atomic E-state index is 0.391. The second kappa shape index (κ2) is 4.54. The van der Waals surface area contributed by atoms with Crippen LogP contribution in [-0.2, 0) is 0 Å². The van der Waals surface area contributed by atoms with Gasteiger partial charge >= 0.3 is 0 Å². The molecule has 0 aromatic carbocycles. The molecule has 1 aliphatic heterocycles. The Labute approximate surface area is 146 Å². The number of fused-ring (bicyclic) bond motifs is 2. The van der Waals surface area contributed by atoms with Gasteiger partial charge in [-0.2, -0.15) is 0 Å². The van der Waals surface area contributed by atoms with Gasteiger partial charge in [-0.05, 0) is 65.3 Å². The van der Waals surface area contributed by atoms with Crippen molar-refractivity contribution in [1.29, 1.82) is 0 Å². The van der Waals surface area contributed by atoms with E-state index in [9.17, 15) is 0 Å². The Morgan fingerprint density at radius 2 is 1.65 bits per heavy atom. The first kappa shape index (κ1) is 16.8. The van der Waals surface area contributed by atoms with Gasteiger partial charge in [-0.25, -0.2) is 10.0 Å². The molecule has 1 saturated heterocycles. The van der Waals surface area contributed by atoms with Gasteiger partial charge in [-0.15, -0.1) is 0 Å². The molecule has 4 aliphatic rings. The molecule has 4 bridgehead atoms. The largest absolute Gasteiger partial charge is 0.239 e. The van der Waals surface area contributed by atoms with Crippen LogP contribution in [0.1, 0.15) is 73.6 Å². The Bertz CT molecular complexity index is 524. The predicted molar refractivity (Wildman–Crippen MR) is 105 cm³/mol. The van der Waals surface area contributed by atoms with E-state index in [0.717, 1.165) is 39.6 Å². The van der Waals surface area contributed by atoms with Crippen LogP contribution in [0.25, 0.3) is 0 Å². The van der Waals surface area contributed by atoms with Gasteiger partial charge in [0.2, 0.25) is 0 Å². The molecule has 1 spiro atoms. The second-order valence-electron chi connectivity index (χ2n) is 10.6. The summed E-state index contributed by atoms with van der Waals surface area (Å²) in [5.41, 5.74) is 2.12. The van der Waals surface area contributed by atoms with Crippen molar-refractivity contribution in [2.75, 3.05) is 12.5 Å². The van der Waals surface area contributed by atoms with Gasteiger partial charge in [0.15, 0.2) is 0 Å². The summed E-state index contributed by atoms with van der Waals surface area (Å²) in [7, 11) is -0.391. The molecule has 4 fully saturated rings. The molecule has 1 heterocycles. The van der Waals surface area contributed by atoms with Crippen molar-refractivity contribution in [3.8, 4) is 0 Å². The maximum Gasteiger partial charge on any atom is 0.00180 e. The van der Waals surface area contributed by atoms with Crippen LogP contribution in [0.15, 0.2) is 0 Å². The maximum absolute atomic E-state index is 2.77. The minimum Gasteiger partial charge on any atom is -0.239 e. The molecule has 3 aliphatic carbocycles. The van der Waals surface area contributed by atoms with Crippen LogP contribution in [0.3, 0.4) is 0 Å². The molecule has 9 atom stereocenters. The van der Waals surface area contributed by atoms with E-state index < -0.39 is 10.0 Å². The Balaban J connectivity index is 1.78. The molecule has 0 aromatic heterocycles. The van der Waals surface area contributed by atoms with Crippen LogP contribution in [0.4, 0.5) is 0 Å². The van der Waals surface area contributed by atoms with Crippen molar-refractivity contribution in [3.63, 3.8) is 0 Å². The third-order valence-corrected chi connectivity index (χ3v) is 14.5. The minimum atomic E-state index is -0.391. The average molecular weight is 337 g/mol. The summed E-state index contributed by atoms with van der Waals surface area (Å²) in [6, 6.07) is 0. The highest BCUT2D eigenvalue weighted by atomic mass is 32.3. The molecule has 23 heavy (non-hydrogen) atoms. The van der Waals surface area contributed by atoms with Crippen molar-refractivity contribution < 1.29 is 0 Å². The molecular weight excluding hydrogens is 296 g/mol. The van der Waals surface area contributed by atoms with Crippen LogP contribution in [0.5, 0.6) is 0 Å². The van der Waals surface area contributed by atoms with Crippen molar-refractivity contribution in [2.24, 2.45) is 39.9 Å². The molecule has 0 N–H and O–H groups in total. The zero-order valence-corrected chi connectivity index (χ0v) is 17.7.